The Morgan fingerprint density at radius 1 is 0.750 bits per heavy atom. The number of rotatable bonds is 4. The fourth-order valence-corrected chi connectivity index (χ4v) is 3.58. The molecule has 3 rings (SSSR count). The van der Waals surface area contributed by atoms with Gasteiger partial charge in [0.2, 0.25) is 0 Å². The Labute approximate surface area is 156 Å². The van der Waals surface area contributed by atoms with Crippen LogP contribution in [0.3, 0.4) is 0 Å². The topological polar surface area (TPSA) is 6.48 Å². The highest BCUT2D eigenvalue weighted by atomic mass is 35.5. The molecule has 1 fully saturated rings. The molecule has 1 aliphatic heterocycles. The zero-order valence-corrected chi connectivity index (χ0v) is 15.4. The summed E-state index contributed by atoms with van der Waals surface area (Å²) in [5, 5.41) is 1.86. The average Bonchev–Trinajstić information content (AvgIpc) is 2.54. The SMILES string of the molecule is Fc1ccc(CN2CCN(Cc3ccc(Cl)cc3Cl)CC2)c(Cl)c1. The Hall–Kier alpha value is -0.840. The molecule has 0 amide bonds. The number of piperazine rings is 1. The maximum atomic E-state index is 13.1. The van der Waals surface area contributed by atoms with Gasteiger partial charge >= 0.3 is 0 Å². The van der Waals surface area contributed by atoms with Gasteiger partial charge in [0.15, 0.2) is 0 Å². The van der Waals surface area contributed by atoms with E-state index in [1.54, 1.807) is 12.1 Å². The summed E-state index contributed by atoms with van der Waals surface area (Å²) in [4.78, 5) is 4.71. The van der Waals surface area contributed by atoms with Crippen LogP contribution in [0.1, 0.15) is 11.1 Å². The number of hydrogen-bond acceptors (Lipinski definition) is 2. The van der Waals surface area contributed by atoms with Crippen molar-refractivity contribution < 1.29 is 4.39 Å². The van der Waals surface area contributed by atoms with E-state index in [2.05, 4.69) is 9.80 Å². The van der Waals surface area contributed by atoms with Crippen molar-refractivity contribution >= 4 is 34.8 Å². The first-order chi connectivity index (χ1) is 11.5. The number of benzene rings is 2. The molecule has 0 aromatic heterocycles. The summed E-state index contributed by atoms with van der Waals surface area (Å²) in [6, 6.07) is 10.2. The molecule has 6 heteroatoms. The van der Waals surface area contributed by atoms with Crippen LogP contribution in [0.4, 0.5) is 4.39 Å². The lowest BCUT2D eigenvalue weighted by Crippen LogP contribution is -2.45. The molecule has 0 bridgehead atoms. The first-order valence-corrected chi connectivity index (χ1v) is 8.97. The largest absolute Gasteiger partial charge is 0.296 e. The molecule has 0 spiro atoms. The van der Waals surface area contributed by atoms with Gasteiger partial charge in [-0.2, -0.15) is 0 Å². The van der Waals surface area contributed by atoms with Gasteiger partial charge in [-0.3, -0.25) is 9.80 Å². The van der Waals surface area contributed by atoms with Crippen molar-refractivity contribution in [3.8, 4) is 0 Å². The fourth-order valence-electron chi connectivity index (χ4n) is 2.89. The van der Waals surface area contributed by atoms with Gasteiger partial charge in [-0.1, -0.05) is 46.9 Å². The van der Waals surface area contributed by atoms with Gasteiger partial charge in [0.25, 0.3) is 0 Å². The lowest BCUT2D eigenvalue weighted by atomic mass is 10.1. The van der Waals surface area contributed by atoms with Crippen molar-refractivity contribution in [1.29, 1.82) is 0 Å². The van der Waals surface area contributed by atoms with E-state index in [4.69, 9.17) is 34.8 Å². The van der Waals surface area contributed by atoms with Crippen LogP contribution in [-0.2, 0) is 13.1 Å². The molecule has 0 saturated carbocycles. The molecular weight excluding hydrogens is 370 g/mol. The van der Waals surface area contributed by atoms with Crippen molar-refractivity contribution in [3.05, 3.63) is 68.4 Å². The molecular formula is C18H18Cl3FN2. The summed E-state index contributed by atoms with van der Waals surface area (Å²) >= 11 is 18.3. The van der Waals surface area contributed by atoms with Gasteiger partial charge in [-0.05, 0) is 35.4 Å². The summed E-state index contributed by atoms with van der Waals surface area (Å²) in [5.74, 6) is -0.298. The Morgan fingerprint density at radius 3 is 1.75 bits per heavy atom. The Balaban J connectivity index is 1.54. The van der Waals surface area contributed by atoms with Gasteiger partial charge in [-0.15, -0.1) is 0 Å². The first-order valence-electron chi connectivity index (χ1n) is 7.84. The monoisotopic (exact) mass is 386 g/mol. The van der Waals surface area contributed by atoms with Crippen LogP contribution < -0.4 is 0 Å². The maximum Gasteiger partial charge on any atom is 0.124 e. The summed E-state index contributed by atoms with van der Waals surface area (Å²) in [7, 11) is 0. The Bertz CT molecular complexity index is 654. The second kappa shape index (κ2) is 8.03. The zero-order chi connectivity index (χ0) is 17.1. The van der Waals surface area contributed by atoms with Crippen LogP contribution in [0.2, 0.25) is 15.1 Å². The van der Waals surface area contributed by atoms with Crippen LogP contribution in [0.25, 0.3) is 0 Å². The fraction of sp³-hybridized carbons (Fsp3) is 0.333. The second-order valence-corrected chi connectivity index (χ2v) is 7.27. The minimum atomic E-state index is -0.298. The quantitative estimate of drug-likeness (QED) is 0.720. The minimum Gasteiger partial charge on any atom is -0.296 e. The van der Waals surface area contributed by atoms with E-state index < -0.39 is 0 Å². The minimum absolute atomic E-state index is 0.298. The second-order valence-electron chi connectivity index (χ2n) is 6.02. The van der Waals surface area contributed by atoms with E-state index >= 15 is 0 Å². The molecule has 2 aromatic carbocycles. The first kappa shape index (κ1) is 18.0. The average molecular weight is 388 g/mol. The highest BCUT2D eigenvalue weighted by Gasteiger charge is 2.18. The van der Waals surface area contributed by atoms with Crippen LogP contribution in [-0.4, -0.2) is 36.0 Å². The molecule has 1 saturated heterocycles. The molecule has 2 nitrogen and oxygen atoms in total. The summed E-state index contributed by atoms with van der Waals surface area (Å²) in [6.45, 7) is 5.36. The Kier molecular flexibility index (Phi) is 6.01. The highest BCUT2D eigenvalue weighted by Crippen LogP contribution is 2.23. The van der Waals surface area contributed by atoms with E-state index in [1.807, 2.05) is 12.1 Å². The van der Waals surface area contributed by atoms with Crippen LogP contribution in [0.15, 0.2) is 36.4 Å². The van der Waals surface area contributed by atoms with Gasteiger partial charge < -0.3 is 0 Å². The third-order valence-corrected chi connectivity index (χ3v) is 5.22. The molecule has 0 radical (unpaired) electrons. The number of halogens is 4. The molecule has 2 aromatic rings. The van der Waals surface area contributed by atoms with Crippen molar-refractivity contribution in [2.45, 2.75) is 13.1 Å². The van der Waals surface area contributed by atoms with Gasteiger partial charge in [-0.25, -0.2) is 4.39 Å². The smallest absolute Gasteiger partial charge is 0.124 e. The van der Waals surface area contributed by atoms with E-state index in [0.29, 0.717) is 15.1 Å². The predicted octanol–water partition coefficient (Wildman–Crippen LogP) is 5.10. The number of nitrogens with zero attached hydrogens (tertiary/aromatic N) is 2. The molecule has 0 N–H and O–H groups in total. The zero-order valence-electron chi connectivity index (χ0n) is 13.1. The number of hydrogen-bond donors (Lipinski definition) is 0. The summed E-state index contributed by atoms with van der Waals surface area (Å²) < 4.78 is 13.1. The van der Waals surface area contributed by atoms with Gasteiger partial charge in [0.1, 0.15) is 5.82 Å². The molecule has 0 aliphatic carbocycles. The van der Waals surface area contributed by atoms with Crippen molar-refractivity contribution in [1.82, 2.24) is 9.80 Å². The standard InChI is InChI=1S/C18H18Cl3FN2/c19-15-3-1-13(17(20)9-15)11-23-5-7-24(8-6-23)12-14-2-4-16(22)10-18(14)21/h1-4,9-10H,5-8,11-12H2. The highest BCUT2D eigenvalue weighted by molar-refractivity contribution is 6.35. The molecule has 0 unspecified atom stereocenters. The van der Waals surface area contributed by atoms with E-state index in [-0.39, 0.29) is 5.82 Å². The lowest BCUT2D eigenvalue weighted by Gasteiger charge is -2.35. The molecule has 1 heterocycles. The molecule has 0 atom stereocenters. The van der Waals surface area contributed by atoms with E-state index in [1.165, 1.54) is 12.1 Å². The van der Waals surface area contributed by atoms with E-state index in [0.717, 1.165) is 50.4 Å². The summed E-state index contributed by atoms with van der Waals surface area (Å²) in [5.41, 5.74) is 2.06. The normalized spacial score (nSPS) is 16.5. The maximum absolute atomic E-state index is 13.1. The van der Waals surface area contributed by atoms with Crippen LogP contribution >= 0.6 is 34.8 Å². The third kappa shape index (κ3) is 4.62. The third-order valence-electron chi connectivity index (χ3n) is 4.28. The van der Waals surface area contributed by atoms with E-state index in [9.17, 15) is 4.39 Å². The molecule has 24 heavy (non-hydrogen) atoms. The lowest BCUT2D eigenvalue weighted by molar-refractivity contribution is 0.122. The molecule has 128 valence electrons. The van der Waals surface area contributed by atoms with Crippen LogP contribution in [0.5, 0.6) is 0 Å². The van der Waals surface area contributed by atoms with Crippen molar-refractivity contribution in [3.63, 3.8) is 0 Å². The summed E-state index contributed by atoms with van der Waals surface area (Å²) in [6.07, 6.45) is 0. The van der Waals surface area contributed by atoms with Gasteiger partial charge in [0.05, 0.1) is 0 Å². The van der Waals surface area contributed by atoms with Crippen LogP contribution in [0, 0.1) is 5.82 Å². The van der Waals surface area contributed by atoms with Crippen molar-refractivity contribution in [2.24, 2.45) is 0 Å². The molecule has 1 aliphatic rings. The van der Waals surface area contributed by atoms with Crippen molar-refractivity contribution in [2.75, 3.05) is 26.2 Å². The van der Waals surface area contributed by atoms with Gasteiger partial charge in [0, 0.05) is 54.3 Å². The predicted molar refractivity (Wildman–Crippen MR) is 98.4 cm³/mol. The Morgan fingerprint density at radius 2 is 1.25 bits per heavy atom.